The molecule has 2 heteroatoms. The molecule has 0 spiro atoms. The van der Waals surface area contributed by atoms with Crippen molar-refractivity contribution < 1.29 is 5.11 Å². The lowest BCUT2D eigenvalue weighted by atomic mass is 9.88. The molecule has 90 valence electrons. The summed E-state index contributed by atoms with van der Waals surface area (Å²) in [5.74, 6) is 1.11. The fraction of sp³-hybridized carbons (Fsp3) is 0.467. The van der Waals surface area contributed by atoms with E-state index in [1.54, 1.807) is 11.3 Å². The molecule has 0 bridgehead atoms. The van der Waals surface area contributed by atoms with Crippen LogP contribution in [0.3, 0.4) is 0 Å². The van der Waals surface area contributed by atoms with Gasteiger partial charge >= 0.3 is 0 Å². The number of rotatable bonds is 2. The van der Waals surface area contributed by atoms with E-state index in [0.717, 1.165) is 5.56 Å². The van der Waals surface area contributed by atoms with Crippen LogP contribution >= 0.6 is 11.3 Å². The Hall–Kier alpha value is -0.860. The quantitative estimate of drug-likeness (QED) is 0.834. The zero-order chi connectivity index (χ0) is 11.8. The van der Waals surface area contributed by atoms with Gasteiger partial charge in [-0.15, -0.1) is 11.3 Å². The highest BCUT2D eigenvalue weighted by Gasteiger charge is 2.31. The zero-order valence-corrected chi connectivity index (χ0v) is 10.9. The van der Waals surface area contributed by atoms with Crippen LogP contribution in [-0.2, 0) is 0 Å². The molecule has 2 aromatic rings. The molecular formula is C15H18OS. The Balaban J connectivity index is 1.98. The number of hydrogen-bond acceptors (Lipinski definition) is 2. The van der Waals surface area contributed by atoms with E-state index in [2.05, 4.69) is 36.6 Å². The first-order valence-corrected chi connectivity index (χ1v) is 7.29. The van der Waals surface area contributed by atoms with E-state index in [1.807, 2.05) is 0 Å². The van der Waals surface area contributed by atoms with E-state index in [9.17, 15) is 5.11 Å². The standard InChI is InChI=1S/C15H18OS/c1-10-5-4-7-11(10)15(16)13-9-17-14-8-3-2-6-12(13)14/h2-3,6,8-11,15-16H,4-5,7H2,1H3. The smallest absolute Gasteiger partial charge is 0.0834 e. The second kappa shape index (κ2) is 4.43. The number of thiophene rings is 1. The molecule has 1 heterocycles. The molecule has 3 rings (SSSR count). The number of aliphatic hydroxyl groups is 1. The fourth-order valence-corrected chi connectivity index (χ4v) is 4.09. The molecule has 0 aliphatic heterocycles. The summed E-state index contributed by atoms with van der Waals surface area (Å²) in [5.41, 5.74) is 1.14. The minimum atomic E-state index is -0.274. The molecule has 1 aromatic carbocycles. The van der Waals surface area contributed by atoms with Gasteiger partial charge in [-0.25, -0.2) is 0 Å². The Kier molecular flexibility index (Phi) is 2.93. The van der Waals surface area contributed by atoms with Crippen molar-refractivity contribution in [2.75, 3.05) is 0 Å². The summed E-state index contributed by atoms with van der Waals surface area (Å²) in [7, 11) is 0. The summed E-state index contributed by atoms with van der Waals surface area (Å²) in [6.45, 7) is 2.27. The van der Waals surface area contributed by atoms with Gasteiger partial charge < -0.3 is 5.11 Å². The summed E-state index contributed by atoms with van der Waals surface area (Å²) in [4.78, 5) is 0. The summed E-state index contributed by atoms with van der Waals surface area (Å²) < 4.78 is 1.28. The van der Waals surface area contributed by atoms with Gasteiger partial charge in [0.25, 0.3) is 0 Å². The summed E-state index contributed by atoms with van der Waals surface area (Å²) in [5, 5.41) is 14.0. The molecule has 0 amide bonds. The van der Waals surface area contributed by atoms with Crippen molar-refractivity contribution in [1.29, 1.82) is 0 Å². The average Bonchev–Trinajstić information content (AvgIpc) is 2.94. The largest absolute Gasteiger partial charge is 0.388 e. The number of hydrogen-bond donors (Lipinski definition) is 1. The Bertz CT molecular complexity index is 516. The average molecular weight is 246 g/mol. The minimum absolute atomic E-state index is 0.274. The lowest BCUT2D eigenvalue weighted by Crippen LogP contribution is -2.14. The molecule has 1 aromatic heterocycles. The first kappa shape index (κ1) is 11.2. The van der Waals surface area contributed by atoms with Crippen molar-refractivity contribution in [1.82, 2.24) is 0 Å². The van der Waals surface area contributed by atoms with Gasteiger partial charge in [0.05, 0.1) is 6.10 Å². The molecule has 1 N–H and O–H groups in total. The van der Waals surface area contributed by atoms with Crippen LogP contribution in [0.1, 0.15) is 37.9 Å². The van der Waals surface area contributed by atoms with Gasteiger partial charge in [-0.1, -0.05) is 38.0 Å². The van der Waals surface area contributed by atoms with Crippen LogP contribution in [-0.4, -0.2) is 5.11 Å². The van der Waals surface area contributed by atoms with E-state index in [1.165, 1.54) is 29.3 Å². The van der Waals surface area contributed by atoms with Gasteiger partial charge in [-0.3, -0.25) is 0 Å². The van der Waals surface area contributed by atoms with Gasteiger partial charge in [-0.05, 0) is 40.7 Å². The van der Waals surface area contributed by atoms with Crippen molar-refractivity contribution in [3.05, 3.63) is 35.2 Å². The Morgan fingerprint density at radius 1 is 1.29 bits per heavy atom. The fourth-order valence-electron chi connectivity index (χ4n) is 3.10. The maximum atomic E-state index is 10.6. The lowest BCUT2D eigenvalue weighted by Gasteiger charge is -2.21. The topological polar surface area (TPSA) is 20.2 Å². The molecular weight excluding hydrogens is 228 g/mol. The van der Waals surface area contributed by atoms with E-state index >= 15 is 0 Å². The molecule has 0 radical (unpaired) electrons. The normalized spacial score (nSPS) is 26.5. The van der Waals surface area contributed by atoms with Gasteiger partial charge in [0.1, 0.15) is 0 Å². The first-order valence-electron chi connectivity index (χ1n) is 6.41. The van der Waals surface area contributed by atoms with Crippen LogP contribution in [0.25, 0.3) is 10.1 Å². The molecule has 0 saturated heterocycles. The van der Waals surface area contributed by atoms with E-state index in [0.29, 0.717) is 11.8 Å². The second-order valence-corrected chi connectivity index (χ2v) is 6.12. The summed E-state index contributed by atoms with van der Waals surface area (Å²) >= 11 is 1.74. The first-order chi connectivity index (χ1) is 8.27. The SMILES string of the molecule is CC1CCCC1C(O)c1csc2ccccc12. The maximum Gasteiger partial charge on any atom is 0.0834 e. The molecule has 17 heavy (non-hydrogen) atoms. The van der Waals surface area contributed by atoms with E-state index in [4.69, 9.17) is 0 Å². The van der Waals surface area contributed by atoms with E-state index < -0.39 is 0 Å². The van der Waals surface area contributed by atoms with Crippen LogP contribution < -0.4 is 0 Å². The third-order valence-electron chi connectivity index (χ3n) is 4.16. The molecule has 1 aliphatic rings. The highest BCUT2D eigenvalue weighted by molar-refractivity contribution is 7.17. The third kappa shape index (κ3) is 1.90. The van der Waals surface area contributed by atoms with Gasteiger partial charge in [0.15, 0.2) is 0 Å². The van der Waals surface area contributed by atoms with Crippen molar-refractivity contribution in [3.63, 3.8) is 0 Å². The van der Waals surface area contributed by atoms with Gasteiger partial charge in [0.2, 0.25) is 0 Å². The Morgan fingerprint density at radius 3 is 2.88 bits per heavy atom. The van der Waals surface area contributed by atoms with Crippen molar-refractivity contribution >= 4 is 21.4 Å². The molecule has 1 saturated carbocycles. The molecule has 1 nitrogen and oxygen atoms in total. The predicted octanol–water partition coefficient (Wildman–Crippen LogP) is 4.37. The van der Waals surface area contributed by atoms with Crippen molar-refractivity contribution in [2.45, 2.75) is 32.3 Å². The van der Waals surface area contributed by atoms with E-state index in [-0.39, 0.29) is 6.10 Å². The number of benzene rings is 1. The maximum absolute atomic E-state index is 10.6. The molecule has 1 aliphatic carbocycles. The Labute approximate surface area is 106 Å². The van der Waals surface area contributed by atoms with Crippen LogP contribution in [0.4, 0.5) is 0 Å². The summed E-state index contributed by atoms with van der Waals surface area (Å²) in [6.07, 6.45) is 3.44. The van der Waals surface area contributed by atoms with Crippen LogP contribution in [0.5, 0.6) is 0 Å². The van der Waals surface area contributed by atoms with Crippen LogP contribution in [0.15, 0.2) is 29.6 Å². The van der Waals surface area contributed by atoms with Gasteiger partial charge in [0, 0.05) is 4.70 Å². The van der Waals surface area contributed by atoms with Crippen molar-refractivity contribution in [3.8, 4) is 0 Å². The van der Waals surface area contributed by atoms with Crippen molar-refractivity contribution in [2.24, 2.45) is 11.8 Å². The van der Waals surface area contributed by atoms with Crippen LogP contribution in [0, 0.1) is 11.8 Å². The Morgan fingerprint density at radius 2 is 2.12 bits per heavy atom. The highest BCUT2D eigenvalue weighted by Crippen LogP contribution is 2.42. The highest BCUT2D eigenvalue weighted by atomic mass is 32.1. The number of aliphatic hydroxyl groups excluding tert-OH is 1. The molecule has 1 fully saturated rings. The van der Waals surface area contributed by atoms with Crippen LogP contribution in [0.2, 0.25) is 0 Å². The predicted molar refractivity (Wildman–Crippen MR) is 73.3 cm³/mol. The monoisotopic (exact) mass is 246 g/mol. The molecule has 3 unspecified atom stereocenters. The third-order valence-corrected chi connectivity index (χ3v) is 5.14. The number of fused-ring (bicyclic) bond motifs is 1. The molecule has 3 atom stereocenters. The zero-order valence-electron chi connectivity index (χ0n) is 10.1. The lowest BCUT2D eigenvalue weighted by molar-refractivity contribution is 0.0917. The van der Waals surface area contributed by atoms with Gasteiger partial charge in [-0.2, -0.15) is 0 Å². The summed E-state index contributed by atoms with van der Waals surface area (Å²) in [6, 6.07) is 8.38. The second-order valence-electron chi connectivity index (χ2n) is 5.20. The minimum Gasteiger partial charge on any atom is -0.388 e.